The van der Waals surface area contributed by atoms with Crippen molar-refractivity contribution in [3.63, 3.8) is 0 Å². The van der Waals surface area contributed by atoms with Gasteiger partial charge < -0.3 is 5.32 Å². The van der Waals surface area contributed by atoms with Gasteiger partial charge in [0.1, 0.15) is 0 Å². The summed E-state index contributed by atoms with van der Waals surface area (Å²) >= 11 is 0. The van der Waals surface area contributed by atoms with Crippen molar-refractivity contribution in [1.82, 2.24) is 5.32 Å². The van der Waals surface area contributed by atoms with Gasteiger partial charge in [0.05, 0.1) is 0 Å². The third-order valence-corrected chi connectivity index (χ3v) is 4.31. The molecule has 3 rings (SSSR count). The predicted octanol–water partition coefficient (Wildman–Crippen LogP) is 3.45. The summed E-state index contributed by atoms with van der Waals surface area (Å²) in [7, 11) is 0. The van der Waals surface area contributed by atoms with Crippen LogP contribution in [0.5, 0.6) is 0 Å². The highest BCUT2D eigenvalue weighted by Gasteiger charge is 2.35. The van der Waals surface area contributed by atoms with Crippen molar-refractivity contribution in [1.29, 1.82) is 0 Å². The molecule has 2 aliphatic rings. The molecule has 0 heterocycles. The van der Waals surface area contributed by atoms with Gasteiger partial charge in [-0.2, -0.15) is 0 Å². The summed E-state index contributed by atoms with van der Waals surface area (Å²) in [4.78, 5) is 0. The Morgan fingerprint density at radius 1 is 1.24 bits per heavy atom. The van der Waals surface area contributed by atoms with Crippen molar-refractivity contribution >= 4 is 0 Å². The molecule has 1 heteroatoms. The molecule has 0 amide bonds. The van der Waals surface area contributed by atoms with E-state index in [2.05, 4.69) is 30.4 Å². The molecule has 0 aliphatic heterocycles. The van der Waals surface area contributed by atoms with Crippen LogP contribution in [-0.2, 0) is 19.4 Å². The van der Waals surface area contributed by atoms with Crippen LogP contribution in [0.25, 0.3) is 0 Å². The van der Waals surface area contributed by atoms with E-state index in [-0.39, 0.29) is 0 Å². The molecule has 1 nitrogen and oxygen atoms in total. The summed E-state index contributed by atoms with van der Waals surface area (Å²) in [6, 6.07) is 7.89. The molecular formula is C16H23N. The van der Waals surface area contributed by atoms with Gasteiger partial charge >= 0.3 is 0 Å². The van der Waals surface area contributed by atoms with Crippen molar-refractivity contribution in [2.24, 2.45) is 5.92 Å². The molecule has 0 spiro atoms. The molecule has 1 N–H and O–H groups in total. The fourth-order valence-electron chi connectivity index (χ4n) is 3.17. The Morgan fingerprint density at radius 2 is 2.12 bits per heavy atom. The second kappa shape index (κ2) is 4.81. The second-order valence-corrected chi connectivity index (χ2v) is 5.73. The molecule has 2 unspecified atom stereocenters. The van der Waals surface area contributed by atoms with E-state index in [4.69, 9.17) is 0 Å². The zero-order chi connectivity index (χ0) is 11.7. The topological polar surface area (TPSA) is 12.0 Å². The SMILES string of the molecule is CCCC1CC1NCc1ccc2c(c1)CCC2. The highest BCUT2D eigenvalue weighted by Crippen LogP contribution is 2.34. The summed E-state index contributed by atoms with van der Waals surface area (Å²) < 4.78 is 0. The smallest absolute Gasteiger partial charge is 0.0208 e. The Labute approximate surface area is 105 Å². The average Bonchev–Trinajstić information content (AvgIpc) is 2.91. The van der Waals surface area contributed by atoms with Crippen molar-refractivity contribution in [3.05, 3.63) is 34.9 Å². The van der Waals surface area contributed by atoms with E-state index in [9.17, 15) is 0 Å². The van der Waals surface area contributed by atoms with Crippen molar-refractivity contribution in [3.8, 4) is 0 Å². The van der Waals surface area contributed by atoms with E-state index in [0.29, 0.717) is 0 Å². The number of aryl methyl sites for hydroxylation is 2. The molecule has 1 fully saturated rings. The van der Waals surface area contributed by atoms with E-state index in [0.717, 1.165) is 18.5 Å². The lowest BCUT2D eigenvalue weighted by molar-refractivity contribution is 0.599. The monoisotopic (exact) mass is 229 g/mol. The number of rotatable bonds is 5. The maximum atomic E-state index is 3.70. The molecular weight excluding hydrogens is 206 g/mol. The molecule has 0 saturated heterocycles. The van der Waals surface area contributed by atoms with E-state index in [1.807, 2.05) is 0 Å². The normalized spacial score (nSPS) is 25.9. The number of hydrogen-bond donors (Lipinski definition) is 1. The zero-order valence-electron chi connectivity index (χ0n) is 10.8. The zero-order valence-corrected chi connectivity index (χ0v) is 10.8. The molecule has 1 aromatic rings. The fraction of sp³-hybridized carbons (Fsp3) is 0.625. The number of fused-ring (bicyclic) bond motifs is 1. The largest absolute Gasteiger partial charge is 0.310 e. The summed E-state index contributed by atoms with van der Waals surface area (Å²) in [5.74, 6) is 0.967. The standard InChI is InChI=1S/C16H23N/c1-2-4-15-10-16(15)17-11-12-7-8-13-5-3-6-14(13)9-12/h7-9,15-17H,2-6,10-11H2,1H3. The van der Waals surface area contributed by atoms with Gasteiger partial charge in [-0.05, 0) is 54.7 Å². The first-order chi connectivity index (χ1) is 8.36. The number of hydrogen-bond acceptors (Lipinski definition) is 1. The van der Waals surface area contributed by atoms with Crippen LogP contribution in [0.1, 0.15) is 49.3 Å². The lowest BCUT2D eigenvalue weighted by Gasteiger charge is -2.06. The van der Waals surface area contributed by atoms with Gasteiger partial charge in [-0.3, -0.25) is 0 Å². The van der Waals surface area contributed by atoms with Crippen LogP contribution in [-0.4, -0.2) is 6.04 Å². The summed E-state index contributed by atoms with van der Waals surface area (Å²) in [5, 5.41) is 3.70. The van der Waals surface area contributed by atoms with Gasteiger partial charge in [0, 0.05) is 12.6 Å². The lowest BCUT2D eigenvalue weighted by Crippen LogP contribution is -2.17. The Balaban J connectivity index is 1.52. The molecule has 0 radical (unpaired) electrons. The first-order valence-electron chi connectivity index (χ1n) is 7.21. The summed E-state index contributed by atoms with van der Waals surface area (Å²) in [5.41, 5.74) is 4.67. The average molecular weight is 229 g/mol. The van der Waals surface area contributed by atoms with Crippen LogP contribution in [0, 0.1) is 5.92 Å². The number of nitrogens with one attached hydrogen (secondary N) is 1. The van der Waals surface area contributed by atoms with Crippen LogP contribution in [0.4, 0.5) is 0 Å². The molecule has 2 aliphatic carbocycles. The van der Waals surface area contributed by atoms with Gasteiger partial charge in [-0.1, -0.05) is 31.5 Å². The van der Waals surface area contributed by atoms with Crippen molar-refractivity contribution < 1.29 is 0 Å². The van der Waals surface area contributed by atoms with Gasteiger partial charge in [0.15, 0.2) is 0 Å². The molecule has 0 bridgehead atoms. The molecule has 1 aromatic carbocycles. The van der Waals surface area contributed by atoms with Crippen LogP contribution >= 0.6 is 0 Å². The van der Waals surface area contributed by atoms with Crippen molar-refractivity contribution in [2.45, 2.75) is 58.0 Å². The van der Waals surface area contributed by atoms with E-state index in [1.165, 1.54) is 44.1 Å². The van der Waals surface area contributed by atoms with Gasteiger partial charge in [0.25, 0.3) is 0 Å². The van der Waals surface area contributed by atoms with Crippen LogP contribution in [0.2, 0.25) is 0 Å². The van der Waals surface area contributed by atoms with Crippen LogP contribution in [0.3, 0.4) is 0 Å². The maximum absolute atomic E-state index is 3.70. The molecule has 0 aromatic heterocycles. The van der Waals surface area contributed by atoms with E-state index in [1.54, 1.807) is 11.1 Å². The minimum absolute atomic E-state index is 0.809. The Bertz CT molecular complexity index is 397. The van der Waals surface area contributed by atoms with Gasteiger partial charge in [-0.15, -0.1) is 0 Å². The molecule has 17 heavy (non-hydrogen) atoms. The van der Waals surface area contributed by atoms with Gasteiger partial charge in [0.2, 0.25) is 0 Å². The first kappa shape index (κ1) is 11.3. The Morgan fingerprint density at radius 3 is 3.00 bits per heavy atom. The van der Waals surface area contributed by atoms with Gasteiger partial charge in [-0.25, -0.2) is 0 Å². The second-order valence-electron chi connectivity index (χ2n) is 5.73. The third-order valence-electron chi connectivity index (χ3n) is 4.31. The first-order valence-corrected chi connectivity index (χ1v) is 7.21. The third kappa shape index (κ3) is 2.55. The lowest BCUT2D eigenvalue weighted by atomic mass is 10.1. The molecule has 1 saturated carbocycles. The van der Waals surface area contributed by atoms with E-state index < -0.39 is 0 Å². The predicted molar refractivity (Wildman–Crippen MR) is 72.1 cm³/mol. The number of benzene rings is 1. The van der Waals surface area contributed by atoms with E-state index >= 15 is 0 Å². The quantitative estimate of drug-likeness (QED) is 0.815. The Kier molecular flexibility index (Phi) is 3.19. The van der Waals surface area contributed by atoms with Crippen LogP contribution < -0.4 is 5.32 Å². The van der Waals surface area contributed by atoms with Crippen molar-refractivity contribution in [2.75, 3.05) is 0 Å². The highest BCUT2D eigenvalue weighted by atomic mass is 15.0. The highest BCUT2D eigenvalue weighted by molar-refractivity contribution is 5.35. The van der Waals surface area contributed by atoms with Crippen LogP contribution in [0.15, 0.2) is 18.2 Å². The minimum Gasteiger partial charge on any atom is -0.310 e. The minimum atomic E-state index is 0.809. The maximum Gasteiger partial charge on any atom is 0.0208 e. The molecule has 2 atom stereocenters. The molecule has 92 valence electrons. The Hall–Kier alpha value is -0.820. The summed E-state index contributed by atoms with van der Waals surface area (Å²) in [6.07, 6.45) is 8.09. The summed E-state index contributed by atoms with van der Waals surface area (Å²) in [6.45, 7) is 3.36. The fourth-order valence-corrected chi connectivity index (χ4v) is 3.17.